The van der Waals surface area contributed by atoms with Gasteiger partial charge in [-0.25, -0.2) is 22.0 Å². The van der Waals surface area contributed by atoms with Crippen molar-refractivity contribution in [3.8, 4) is 0 Å². The van der Waals surface area contributed by atoms with Crippen molar-refractivity contribution in [2.24, 2.45) is 5.14 Å². The van der Waals surface area contributed by atoms with Crippen LogP contribution < -0.4 is 5.14 Å². The normalized spacial score (nSPS) is 12.2. The van der Waals surface area contributed by atoms with Crippen molar-refractivity contribution in [1.29, 1.82) is 0 Å². The van der Waals surface area contributed by atoms with E-state index in [-0.39, 0.29) is 22.9 Å². The maximum atomic E-state index is 13.3. The van der Waals surface area contributed by atoms with Gasteiger partial charge < -0.3 is 0 Å². The predicted octanol–water partition coefficient (Wildman–Crippen LogP) is 3.38. The molecule has 6 nitrogen and oxygen atoms in total. The topological polar surface area (TPSA) is 97.5 Å². The van der Waals surface area contributed by atoms with E-state index in [1.807, 2.05) is 30.3 Å². The van der Waals surface area contributed by atoms with Crippen molar-refractivity contribution in [2.45, 2.75) is 22.9 Å². The molecule has 0 saturated heterocycles. The number of rotatable bonds is 7. The van der Waals surface area contributed by atoms with Gasteiger partial charge in [0.25, 0.3) is 0 Å². The van der Waals surface area contributed by atoms with E-state index >= 15 is 0 Å². The van der Waals surface area contributed by atoms with E-state index in [2.05, 4.69) is 0 Å². The van der Waals surface area contributed by atoms with E-state index in [1.165, 1.54) is 28.6 Å². The van der Waals surface area contributed by atoms with Crippen LogP contribution in [0.4, 0.5) is 0 Å². The molecule has 9 heteroatoms. The summed E-state index contributed by atoms with van der Waals surface area (Å²) in [7, 11) is -7.85. The van der Waals surface area contributed by atoms with Gasteiger partial charge in [-0.3, -0.25) is 0 Å². The Morgan fingerprint density at radius 3 is 1.86 bits per heavy atom. The van der Waals surface area contributed by atoms with Crippen LogP contribution in [0.3, 0.4) is 0 Å². The van der Waals surface area contributed by atoms with Gasteiger partial charge in [-0.2, -0.15) is 4.31 Å². The first-order chi connectivity index (χ1) is 13.7. The van der Waals surface area contributed by atoms with Crippen LogP contribution in [-0.4, -0.2) is 21.1 Å². The minimum absolute atomic E-state index is 0.0344. The Hall–Kier alpha value is -2.23. The van der Waals surface area contributed by atoms with Gasteiger partial charge in [-0.15, -0.1) is 0 Å². The second kappa shape index (κ2) is 8.64. The SMILES string of the molecule is NS(=O)(=O)c1ccc(S(=O)(=O)N(Cc2ccccc2)Cc2ccccc2Cl)cc1. The highest BCUT2D eigenvalue weighted by atomic mass is 35.5. The summed E-state index contributed by atoms with van der Waals surface area (Å²) in [5.41, 5.74) is 1.47. The molecule has 152 valence electrons. The monoisotopic (exact) mass is 450 g/mol. The van der Waals surface area contributed by atoms with Crippen molar-refractivity contribution in [2.75, 3.05) is 0 Å². The third kappa shape index (κ3) is 5.23. The van der Waals surface area contributed by atoms with Gasteiger partial charge in [0.05, 0.1) is 9.79 Å². The van der Waals surface area contributed by atoms with Crippen LogP contribution in [0, 0.1) is 0 Å². The predicted molar refractivity (Wildman–Crippen MR) is 112 cm³/mol. The second-order valence-corrected chi connectivity index (χ2v) is 10.3. The lowest BCUT2D eigenvalue weighted by molar-refractivity contribution is 0.401. The first-order valence-corrected chi connectivity index (χ1v) is 11.9. The van der Waals surface area contributed by atoms with Gasteiger partial charge in [0.15, 0.2) is 0 Å². The van der Waals surface area contributed by atoms with Gasteiger partial charge in [0.1, 0.15) is 0 Å². The molecule has 0 fully saturated rings. The summed E-state index contributed by atoms with van der Waals surface area (Å²) < 4.78 is 50.8. The van der Waals surface area contributed by atoms with Gasteiger partial charge in [0, 0.05) is 18.1 Å². The Bertz CT molecular complexity index is 1200. The lowest BCUT2D eigenvalue weighted by Gasteiger charge is -2.23. The number of nitrogens with two attached hydrogens (primary N) is 1. The quantitative estimate of drug-likeness (QED) is 0.596. The number of nitrogens with zero attached hydrogens (tertiary/aromatic N) is 1. The molecule has 0 atom stereocenters. The number of halogens is 1. The van der Waals surface area contributed by atoms with Crippen molar-refractivity contribution in [3.63, 3.8) is 0 Å². The van der Waals surface area contributed by atoms with Crippen molar-refractivity contribution in [3.05, 3.63) is 95.0 Å². The molecule has 0 aliphatic rings. The van der Waals surface area contributed by atoms with Crippen molar-refractivity contribution in [1.82, 2.24) is 4.31 Å². The highest BCUT2D eigenvalue weighted by Gasteiger charge is 2.26. The molecule has 0 aliphatic carbocycles. The summed E-state index contributed by atoms with van der Waals surface area (Å²) in [6.45, 7) is 0.194. The molecule has 0 bridgehead atoms. The van der Waals surface area contributed by atoms with E-state index in [0.29, 0.717) is 10.6 Å². The lowest BCUT2D eigenvalue weighted by Crippen LogP contribution is -2.30. The fraction of sp³-hybridized carbons (Fsp3) is 0.100. The van der Waals surface area contributed by atoms with Crippen LogP contribution in [0.5, 0.6) is 0 Å². The smallest absolute Gasteiger partial charge is 0.225 e. The standard InChI is InChI=1S/C20H19ClN2O4S2/c21-20-9-5-4-8-17(20)15-23(14-16-6-2-1-3-7-16)29(26,27)19-12-10-18(11-13-19)28(22,24)25/h1-13H,14-15H2,(H2,22,24,25). The third-order valence-electron chi connectivity index (χ3n) is 4.30. The zero-order chi connectivity index (χ0) is 21.1. The third-order valence-corrected chi connectivity index (χ3v) is 7.40. The van der Waals surface area contributed by atoms with Crippen LogP contribution in [0.2, 0.25) is 5.02 Å². The molecule has 2 N–H and O–H groups in total. The highest BCUT2D eigenvalue weighted by Crippen LogP contribution is 2.25. The zero-order valence-electron chi connectivity index (χ0n) is 15.3. The number of hydrogen-bond donors (Lipinski definition) is 1. The molecule has 3 aromatic rings. The van der Waals surface area contributed by atoms with Gasteiger partial charge in [-0.05, 0) is 41.5 Å². The maximum Gasteiger partial charge on any atom is 0.243 e. The fourth-order valence-corrected chi connectivity index (χ4v) is 4.90. The van der Waals surface area contributed by atoms with Crippen LogP contribution in [0.25, 0.3) is 0 Å². The fourth-order valence-electron chi connectivity index (χ4n) is 2.78. The zero-order valence-corrected chi connectivity index (χ0v) is 17.7. The van der Waals surface area contributed by atoms with E-state index in [1.54, 1.807) is 24.3 Å². The number of primary sulfonamides is 1. The van der Waals surface area contributed by atoms with Gasteiger partial charge in [-0.1, -0.05) is 60.1 Å². The average molecular weight is 451 g/mol. The molecule has 3 rings (SSSR count). The first kappa shape index (κ1) is 21.5. The van der Waals surface area contributed by atoms with Gasteiger partial charge in [0.2, 0.25) is 20.0 Å². The summed E-state index contributed by atoms with van der Waals surface area (Å²) in [4.78, 5) is -0.190. The Balaban J connectivity index is 2.00. The van der Waals surface area contributed by atoms with Crippen molar-refractivity contribution < 1.29 is 16.8 Å². The van der Waals surface area contributed by atoms with E-state index in [4.69, 9.17) is 16.7 Å². The average Bonchev–Trinajstić information content (AvgIpc) is 2.69. The number of hydrogen-bond acceptors (Lipinski definition) is 4. The van der Waals surface area contributed by atoms with E-state index in [9.17, 15) is 16.8 Å². The molecule has 0 aromatic heterocycles. The molecular formula is C20H19ClN2O4S2. The Morgan fingerprint density at radius 2 is 1.28 bits per heavy atom. The first-order valence-electron chi connectivity index (χ1n) is 8.58. The van der Waals surface area contributed by atoms with Gasteiger partial charge >= 0.3 is 0 Å². The summed E-state index contributed by atoms with van der Waals surface area (Å²) >= 11 is 6.24. The Kier molecular flexibility index (Phi) is 6.40. The summed E-state index contributed by atoms with van der Waals surface area (Å²) in [6, 6.07) is 21.0. The van der Waals surface area contributed by atoms with E-state index < -0.39 is 20.0 Å². The molecule has 0 radical (unpaired) electrons. The highest BCUT2D eigenvalue weighted by molar-refractivity contribution is 7.89. The lowest BCUT2D eigenvalue weighted by atomic mass is 10.2. The Labute approximate surface area is 175 Å². The largest absolute Gasteiger partial charge is 0.243 e. The van der Waals surface area contributed by atoms with Crippen LogP contribution in [0.15, 0.2) is 88.7 Å². The van der Waals surface area contributed by atoms with Crippen LogP contribution >= 0.6 is 11.6 Å². The minimum atomic E-state index is -3.94. The molecule has 29 heavy (non-hydrogen) atoms. The molecule has 0 unspecified atom stereocenters. The number of sulfonamides is 2. The number of benzene rings is 3. The molecule has 0 aliphatic heterocycles. The molecule has 0 spiro atoms. The molecule has 0 saturated carbocycles. The van der Waals surface area contributed by atoms with E-state index in [0.717, 1.165) is 5.56 Å². The van der Waals surface area contributed by atoms with Crippen LogP contribution in [0.1, 0.15) is 11.1 Å². The molecule has 0 heterocycles. The second-order valence-electron chi connectivity index (χ2n) is 6.37. The van der Waals surface area contributed by atoms with Crippen molar-refractivity contribution >= 4 is 31.6 Å². The van der Waals surface area contributed by atoms with Crippen LogP contribution in [-0.2, 0) is 33.1 Å². The maximum absolute atomic E-state index is 13.3. The summed E-state index contributed by atoms with van der Waals surface area (Å²) in [6.07, 6.45) is 0. The Morgan fingerprint density at radius 1 is 0.724 bits per heavy atom. The molecule has 3 aromatic carbocycles. The summed E-state index contributed by atoms with van der Waals surface area (Å²) in [5.74, 6) is 0. The summed E-state index contributed by atoms with van der Waals surface area (Å²) in [5, 5.41) is 5.56. The molecule has 0 amide bonds. The minimum Gasteiger partial charge on any atom is -0.225 e. The molecular weight excluding hydrogens is 432 g/mol.